The van der Waals surface area contributed by atoms with Crippen molar-refractivity contribution in [3.05, 3.63) is 23.8 Å². The summed E-state index contributed by atoms with van der Waals surface area (Å²) in [5, 5.41) is 7.85. The predicted molar refractivity (Wildman–Crippen MR) is 77.7 cm³/mol. The summed E-state index contributed by atoms with van der Waals surface area (Å²) in [6.45, 7) is 9.51. The summed E-state index contributed by atoms with van der Waals surface area (Å²) in [4.78, 5) is 4.56. The Morgan fingerprint density at radius 1 is 1.32 bits per heavy atom. The van der Waals surface area contributed by atoms with Gasteiger partial charge in [-0.05, 0) is 19.3 Å². The highest BCUT2D eigenvalue weighted by Gasteiger charge is 2.11. The lowest BCUT2D eigenvalue weighted by Gasteiger charge is -2.11. The van der Waals surface area contributed by atoms with Gasteiger partial charge in [0.2, 0.25) is 5.95 Å². The van der Waals surface area contributed by atoms with Gasteiger partial charge in [-0.25, -0.2) is 4.98 Å². The molecule has 0 radical (unpaired) electrons. The quantitative estimate of drug-likeness (QED) is 0.900. The Morgan fingerprint density at radius 2 is 2.05 bits per heavy atom. The van der Waals surface area contributed by atoms with E-state index in [0.29, 0.717) is 5.92 Å². The Hall–Kier alpha value is -1.78. The van der Waals surface area contributed by atoms with E-state index < -0.39 is 0 Å². The summed E-state index contributed by atoms with van der Waals surface area (Å²) in [5.41, 5.74) is 3.14. The van der Waals surface area contributed by atoms with Gasteiger partial charge >= 0.3 is 0 Å². The molecule has 2 heterocycles. The minimum Gasteiger partial charge on any atom is -0.323 e. The molecule has 1 N–H and O–H groups in total. The first-order valence-corrected chi connectivity index (χ1v) is 6.83. The molecule has 19 heavy (non-hydrogen) atoms. The molecular formula is C14H23N5. The lowest BCUT2D eigenvalue weighted by molar-refractivity contribution is 0.527. The number of imidazole rings is 1. The van der Waals surface area contributed by atoms with E-state index in [2.05, 4.69) is 46.9 Å². The maximum absolute atomic E-state index is 4.56. The molecule has 0 aliphatic rings. The molecule has 2 aromatic rings. The molecule has 0 aliphatic carbocycles. The molecule has 5 nitrogen and oxygen atoms in total. The number of nitrogens with zero attached hydrogens (tertiary/aromatic N) is 4. The van der Waals surface area contributed by atoms with E-state index in [-0.39, 0.29) is 0 Å². The summed E-state index contributed by atoms with van der Waals surface area (Å²) in [6, 6.07) is 0. The van der Waals surface area contributed by atoms with E-state index in [1.807, 2.05) is 24.9 Å². The molecule has 0 saturated heterocycles. The van der Waals surface area contributed by atoms with Crippen molar-refractivity contribution in [2.45, 2.75) is 40.7 Å². The summed E-state index contributed by atoms with van der Waals surface area (Å²) in [6.07, 6.45) is 5.00. The first-order chi connectivity index (χ1) is 8.99. The summed E-state index contributed by atoms with van der Waals surface area (Å²) < 4.78 is 4.01. The molecule has 0 aliphatic heterocycles. The lowest BCUT2D eigenvalue weighted by atomic mass is 10.2. The number of aromatic nitrogens is 4. The second-order valence-corrected chi connectivity index (χ2v) is 5.39. The number of anilines is 2. The van der Waals surface area contributed by atoms with Gasteiger partial charge in [0.25, 0.3) is 0 Å². The smallest absolute Gasteiger partial charge is 0.207 e. The van der Waals surface area contributed by atoms with Crippen molar-refractivity contribution < 1.29 is 0 Å². The zero-order chi connectivity index (χ0) is 14.0. The van der Waals surface area contributed by atoms with Crippen LogP contribution in [-0.2, 0) is 20.0 Å². The molecule has 0 spiro atoms. The van der Waals surface area contributed by atoms with Crippen LogP contribution >= 0.6 is 0 Å². The molecule has 0 amide bonds. The molecule has 0 fully saturated rings. The van der Waals surface area contributed by atoms with E-state index >= 15 is 0 Å². The second kappa shape index (κ2) is 5.47. The number of rotatable bonds is 5. The van der Waals surface area contributed by atoms with E-state index in [1.165, 1.54) is 0 Å². The second-order valence-electron chi connectivity index (χ2n) is 5.39. The molecule has 0 aromatic carbocycles. The molecule has 0 saturated carbocycles. The van der Waals surface area contributed by atoms with Gasteiger partial charge in [-0.1, -0.05) is 20.8 Å². The van der Waals surface area contributed by atoms with Crippen LogP contribution in [0.2, 0.25) is 0 Å². The molecule has 5 heteroatoms. The van der Waals surface area contributed by atoms with Gasteiger partial charge in [0.05, 0.1) is 17.1 Å². The molecule has 104 valence electrons. The van der Waals surface area contributed by atoms with Crippen molar-refractivity contribution in [3.8, 4) is 0 Å². The van der Waals surface area contributed by atoms with Gasteiger partial charge in [-0.2, -0.15) is 5.10 Å². The minimum atomic E-state index is 0.591. The number of aryl methyl sites for hydroxylation is 3. The molecule has 0 bridgehead atoms. The average molecular weight is 261 g/mol. The lowest BCUT2D eigenvalue weighted by Crippen LogP contribution is -2.07. The van der Waals surface area contributed by atoms with Crippen molar-refractivity contribution in [1.82, 2.24) is 19.3 Å². The van der Waals surface area contributed by atoms with Gasteiger partial charge in [0, 0.05) is 26.0 Å². The zero-order valence-corrected chi connectivity index (χ0v) is 12.4. The first kappa shape index (κ1) is 13.6. The van der Waals surface area contributed by atoms with Gasteiger partial charge in [-0.3, -0.25) is 4.68 Å². The van der Waals surface area contributed by atoms with E-state index in [0.717, 1.165) is 36.0 Å². The normalized spacial score (nSPS) is 11.3. The highest BCUT2D eigenvalue weighted by Crippen LogP contribution is 2.20. The van der Waals surface area contributed by atoms with Crippen molar-refractivity contribution >= 4 is 11.6 Å². The number of hydrogen-bond acceptors (Lipinski definition) is 3. The van der Waals surface area contributed by atoms with Gasteiger partial charge in [0.1, 0.15) is 0 Å². The minimum absolute atomic E-state index is 0.591. The third-order valence-corrected chi connectivity index (χ3v) is 2.95. The largest absolute Gasteiger partial charge is 0.323 e. The summed E-state index contributed by atoms with van der Waals surface area (Å²) in [7, 11) is 1.94. The van der Waals surface area contributed by atoms with Gasteiger partial charge in [0.15, 0.2) is 0 Å². The SMILES string of the molecule is CCc1nn(C)cc1Nc1nc(C)cn1CC(C)C. The first-order valence-electron chi connectivity index (χ1n) is 6.83. The predicted octanol–water partition coefficient (Wildman–Crippen LogP) is 2.89. The molecule has 0 atom stereocenters. The van der Waals surface area contributed by atoms with Gasteiger partial charge in [-0.15, -0.1) is 0 Å². The highest BCUT2D eigenvalue weighted by molar-refractivity contribution is 5.56. The van der Waals surface area contributed by atoms with Crippen LogP contribution in [-0.4, -0.2) is 19.3 Å². The highest BCUT2D eigenvalue weighted by atomic mass is 15.3. The number of hydrogen-bond donors (Lipinski definition) is 1. The maximum atomic E-state index is 4.56. The zero-order valence-electron chi connectivity index (χ0n) is 12.4. The van der Waals surface area contributed by atoms with Crippen molar-refractivity contribution in [3.63, 3.8) is 0 Å². The molecule has 2 aromatic heterocycles. The van der Waals surface area contributed by atoms with Crippen LogP contribution in [0.5, 0.6) is 0 Å². The standard InChI is InChI=1S/C14H23N5/c1-6-12-13(9-18(5)17-12)16-14-15-11(4)8-19(14)7-10(2)3/h8-10H,6-7H2,1-5H3,(H,15,16). The molecular weight excluding hydrogens is 238 g/mol. The Bertz CT molecular complexity index is 550. The van der Waals surface area contributed by atoms with Crippen molar-refractivity contribution in [2.24, 2.45) is 13.0 Å². The van der Waals surface area contributed by atoms with Crippen LogP contribution in [0.25, 0.3) is 0 Å². The van der Waals surface area contributed by atoms with Crippen molar-refractivity contribution in [2.75, 3.05) is 5.32 Å². The fraction of sp³-hybridized carbons (Fsp3) is 0.571. The van der Waals surface area contributed by atoms with E-state index in [4.69, 9.17) is 0 Å². The van der Waals surface area contributed by atoms with Crippen LogP contribution in [0, 0.1) is 12.8 Å². The Balaban J connectivity index is 2.27. The monoisotopic (exact) mass is 261 g/mol. The van der Waals surface area contributed by atoms with Crippen LogP contribution in [0.3, 0.4) is 0 Å². The summed E-state index contributed by atoms with van der Waals surface area (Å²) in [5.74, 6) is 1.49. The van der Waals surface area contributed by atoms with Crippen molar-refractivity contribution in [1.29, 1.82) is 0 Å². The van der Waals surface area contributed by atoms with Crippen LogP contribution in [0.15, 0.2) is 12.4 Å². The van der Waals surface area contributed by atoms with Crippen LogP contribution in [0.4, 0.5) is 11.6 Å². The Morgan fingerprint density at radius 3 is 2.68 bits per heavy atom. The topological polar surface area (TPSA) is 47.7 Å². The molecule has 2 rings (SSSR count). The molecule has 0 unspecified atom stereocenters. The van der Waals surface area contributed by atoms with Crippen LogP contribution in [0.1, 0.15) is 32.2 Å². The fourth-order valence-electron chi connectivity index (χ4n) is 2.20. The Kier molecular flexibility index (Phi) is 3.93. The maximum Gasteiger partial charge on any atom is 0.207 e. The van der Waals surface area contributed by atoms with E-state index in [1.54, 1.807) is 0 Å². The Labute approximate surface area is 114 Å². The van der Waals surface area contributed by atoms with Crippen LogP contribution < -0.4 is 5.32 Å². The average Bonchev–Trinajstić information content (AvgIpc) is 2.82. The van der Waals surface area contributed by atoms with E-state index in [9.17, 15) is 0 Å². The number of nitrogens with one attached hydrogen (secondary N) is 1. The summed E-state index contributed by atoms with van der Waals surface area (Å²) >= 11 is 0. The third-order valence-electron chi connectivity index (χ3n) is 2.95. The fourth-order valence-corrected chi connectivity index (χ4v) is 2.20. The third kappa shape index (κ3) is 3.16. The van der Waals surface area contributed by atoms with Gasteiger partial charge < -0.3 is 9.88 Å².